The molecular weight excluding hydrogens is 326 g/mol. The number of hydrogen-bond donors (Lipinski definition) is 2. The minimum atomic E-state index is -0.318. The molecule has 1 heterocycles. The molecule has 0 spiro atoms. The Hall–Kier alpha value is -2.18. The van der Waals surface area contributed by atoms with E-state index < -0.39 is 0 Å². The number of benzene rings is 1. The topological polar surface area (TPSA) is 70.2 Å². The highest BCUT2D eigenvalue weighted by atomic mass is 35.5. The molecule has 7 heteroatoms. The molecule has 1 amide bonds. The highest BCUT2D eigenvalue weighted by Gasteiger charge is 2.09. The number of aryl methyl sites for hydroxylation is 1. The van der Waals surface area contributed by atoms with Crippen molar-refractivity contribution < 1.29 is 4.79 Å². The van der Waals surface area contributed by atoms with Crippen molar-refractivity contribution in [3.05, 3.63) is 46.6 Å². The second kappa shape index (κ2) is 8.61. The van der Waals surface area contributed by atoms with Gasteiger partial charge in [0, 0.05) is 17.3 Å². The summed E-state index contributed by atoms with van der Waals surface area (Å²) in [6, 6.07) is 8.76. The van der Waals surface area contributed by atoms with E-state index in [-0.39, 0.29) is 11.6 Å². The summed E-state index contributed by atoms with van der Waals surface area (Å²) >= 11 is 6.05. The van der Waals surface area contributed by atoms with Crippen molar-refractivity contribution in [2.75, 3.05) is 37.8 Å². The normalized spacial score (nSPS) is 10.7. The lowest BCUT2D eigenvalue weighted by Gasteiger charge is -2.10. The van der Waals surface area contributed by atoms with Crippen molar-refractivity contribution in [2.24, 2.45) is 0 Å². The van der Waals surface area contributed by atoms with Crippen LogP contribution in [0.3, 0.4) is 0 Å². The van der Waals surface area contributed by atoms with Crippen LogP contribution in [0.15, 0.2) is 30.3 Å². The van der Waals surface area contributed by atoms with E-state index >= 15 is 0 Å². The maximum absolute atomic E-state index is 12.2. The first kappa shape index (κ1) is 18.2. The summed E-state index contributed by atoms with van der Waals surface area (Å²) in [6.07, 6.45) is 1.01. The third-order valence-electron chi connectivity index (χ3n) is 3.42. The number of amides is 1. The second-order valence-corrected chi connectivity index (χ2v) is 6.21. The first-order valence-corrected chi connectivity index (χ1v) is 8.13. The summed E-state index contributed by atoms with van der Waals surface area (Å²) in [5, 5.41) is 14.5. The van der Waals surface area contributed by atoms with Crippen LogP contribution in [0.25, 0.3) is 0 Å². The molecule has 0 unspecified atom stereocenters. The van der Waals surface area contributed by atoms with E-state index in [1.54, 1.807) is 24.3 Å². The molecule has 0 bridgehead atoms. The standard InChI is InChI=1S/C17H22ClN5O/c1-12-5-6-13(11-14(12)18)20-17(24)15-7-8-16(22-21-15)19-9-4-10-23(2)3/h5-8,11H,4,9-10H2,1-3H3,(H,19,22)(H,20,24). The van der Waals surface area contributed by atoms with Crippen molar-refractivity contribution in [3.8, 4) is 0 Å². The van der Waals surface area contributed by atoms with Crippen molar-refractivity contribution in [1.29, 1.82) is 0 Å². The van der Waals surface area contributed by atoms with Crippen molar-refractivity contribution in [1.82, 2.24) is 15.1 Å². The molecule has 0 aliphatic rings. The van der Waals surface area contributed by atoms with E-state index in [2.05, 4.69) is 25.7 Å². The Morgan fingerprint density at radius 1 is 1.21 bits per heavy atom. The monoisotopic (exact) mass is 347 g/mol. The van der Waals surface area contributed by atoms with E-state index in [0.717, 1.165) is 25.1 Å². The number of rotatable bonds is 7. The van der Waals surface area contributed by atoms with Crippen LogP contribution in [0.1, 0.15) is 22.5 Å². The van der Waals surface area contributed by atoms with Gasteiger partial charge in [0.1, 0.15) is 5.82 Å². The summed E-state index contributed by atoms with van der Waals surface area (Å²) < 4.78 is 0. The van der Waals surface area contributed by atoms with Gasteiger partial charge in [-0.1, -0.05) is 17.7 Å². The minimum absolute atomic E-state index is 0.255. The summed E-state index contributed by atoms with van der Waals surface area (Å²) in [4.78, 5) is 14.3. The highest BCUT2D eigenvalue weighted by Crippen LogP contribution is 2.20. The number of nitrogens with zero attached hydrogens (tertiary/aromatic N) is 3. The van der Waals surface area contributed by atoms with Crippen LogP contribution in [0.4, 0.5) is 11.5 Å². The predicted octanol–water partition coefficient (Wildman–Crippen LogP) is 3.05. The molecular formula is C17H22ClN5O. The van der Waals surface area contributed by atoms with Gasteiger partial charge in [-0.2, -0.15) is 0 Å². The first-order chi connectivity index (χ1) is 11.5. The van der Waals surface area contributed by atoms with Gasteiger partial charge < -0.3 is 15.5 Å². The summed E-state index contributed by atoms with van der Waals surface area (Å²) in [6.45, 7) is 3.71. The molecule has 0 aliphatic heterocycles. The fourth-order valence-corrected chi connectivity index (χ4v) is 2.21. The highest BCUT2D eigenvalue weighted by molar-refractivity contribution is 6.31. The fraction of sp³-hybridized carbons (Fsp3) is 0.353. The molecule has 2 N–H and O–H groups in total. The summed E-state index contributed by atoms with van der Waals surface area (Å²) in [7, 11) is 4.07. The first-order valence-electron chi connectivity index (χ1n) is 7.75. The fourth-order valence-electron chi connectivity index (χ4n) is 2.03. The van der Waals surface area contributed by atoms with E-state index in [4.69, 9.17) is 11.6 Å². The van der Waals surface area contributed by atoms with Crippen molar-refractivity contribution in [2.45, 2.75) is 13.3 Å². The van der Waals surface area contributed by atoms with Crippen molar-refractivity contribution >= 4 is 29.0 Å². The molecule has 2 rings (SSSR count). The number of halogens is 1. The lowest BCUT2D eigenvalue weighted by Crippen LogP contribution is -2.17. The van der Waals surface area contributed by atoms with Gasteiger partial charge in [-0.3, -0.25) is 4.79 Å². The number of anilines is 2. The molecule has 0 radical (unpaired) electrons. The SMILES string of the molecule is Cc1ccc(NC(=O)c2ccc(NCCCN(C)C)nn2)cc1Cl. The lowest BCUT2D eigenvalue weighted by molar-refractivity contribution is 0.102. The van der Waals surface area contributed by atoms with E-state index in [1.807, 2.05) is 27.1 Å². The Bertz CT molecular complexity index is 688. The molecule has 0 atom stereocenters. The molecule has 0 saturated heterocycles. The molecule has 1 aromatic heterocycles. The predicted molar refractivity (Wildman–Crippen MR) is 97.8 cm³/mol. The molecule has 0 fully saturated rings. The number of nitrogens with one attached hydrogen (secondary N) is 2. The molecule has 0 saturated carbocycles. The Morgan fingerprint density at radius 3 is 2.62 bits per heavy atom. The zero-order valence-corrected chi connectivity index (χ0v) is 14.9. The number of carbonyl (C=O) groups is 1. The molecule has 2 aromatic rings. The Balaban J connectivity index is 1.89. The van der Waals surface area contributed by atoms with Crippen LogP contribution >= 0.6 is 11.6 Å². The Kier molecular flexibility index (Phi) is 6.52. The third kappa shape index (κ3) is 5.47. The Labute approximate surface area is 147 Å². The van der Waals surface area contributed by atoms with E-state index in [9.17, 15) is 4.79 Å². The van der Waals surface area contributed by atoms with Crippen LogP contribution in [0, 0.1) is 6.92 Å². The smallest absolute Gasteiger partial charge is 0.276 e. The van der Waals surface area contributed by atoms with Gasteiger partial charge in [-0.15, -0.1) is 10.2 Å². The van der Waals surface area contributed by atoms with Crippen LogP contribution in [-0.4, -0.2) is 48.2 Å². The maximum atomic E-state index is 12.2. The average Bonchev–Trinajstić information content (AvgIpc) is 2.55. The van der Waals surface area contributed by atoms with Crippen LogP contribution < -0.4 is 10.6 Å². The maximum Gasteiger partial charge on any atom is 0.276 e. The van der Waals surface area contributed by atoms with Gasteiger partial charge in [-0.05, 0) is 63.8 Å². The number of aromatic nitrogens is 2. The average molecular weight is 348 g/mol. The summed E-state index contributed by atoms with van der Waals surface area (Å²) in [5.74, 6) is 0.338. The Morgan fingerprint density at radius 2 is 2.00 bits per heavy atom. The van der Waals surface area contributed by atoms with Gasteiger partial charge in [0.15, 0.2) is 5.69 Å². The number of carbonyl (C=O) groups excluding carboxylic acids is 1. The molecule has 1 aromatic carbocycles. The molecule has 24 heavy (non-hydrogen) atoms. The van der Waals surface area contributed by atoms with Gasteiger partial charge in [-0.25, -0.2) is 0 Å². The van der Waals surface area contributed by atoms with Gasteiger partial charge >= 0.3 is 0 Å². The zero-order valence-electron chi connectivity index (χ0n) is 14.1. The van der Waals surface area contributed by atoms with Gasteiger partial charge in [0.05, 0.1) is 0 Å². The van der Waals surface area contributed by atoms with Crippen LogP contribution in [0.2, 0.25) is 5.02 Å². The van der Waals surface area contributed by atoms with E-state index in [0.29, 0.717) is 16.5 Å². The van der Waals surface area contributed by atoms with Crippen LogP contribution in [-0.2, 0) is 0 Å². The van der Waals surface area contributed by atoms with Crippen LogP contribution in [0.5, 0.6) is 0 Å². The second-order valence-electron chi connectivity index (χ2n) is 5.81. The summed E-state index contributed by atoms with van der Waals surface area (Å²) in [5.41, 5.74) is 1.84. The quantitative estimate of drug-likeness (QED) is 0.753. The number of hydrogen-bond acceptors (Lipinski definition) is 5. The lowest BCUT2D eigenvalue weighted by atomic mass is 10.2. The molecule has 6 nitrogen and oxygen atoms in total. The minimum Gasteiger partial charge on any atom is -0.369 e. The van der Waals surface area contributed by atoms with E-state index in [1.165, 1.54) is 0 Å². The largest absolute Gasteiger partial charge is 0.369 e. The van der Waals surface area contributed by atoms with Crippen molar-refractivity contribution in [3.63, 3.8) is 0 Å². The third-order valence-corrected chi connectivity index (χ3v) is 3.82. The molecule has 0 aliphatic carbocycles. The zero-order chi connectivity index (χ0) is 17.5. The van der Waals surface area contributed by atoms with Gasteiger partial charge in [0.25, 0.3) is 5.91 Å². The molecule has 128 valence electrons. The van der Waals surface area contributed by atoms with Gasteiger partial charge in [0.2, 0.25) is 0 Å².